The summed E-state index contributed by atoms with van der Waals surface area (Å²) >= 11 is 0. The van der Waals surface area contributed by atoms with Crippen molar-refractivity contribution < 1.29 is 58.2 Å². The average Bonchev–Trinajstić information content (AvgIpc) is 3.46. The van der Waals surface area contributed by atoms with Gasteiger partial charge in [-0.1, -0.05) is 241 Å². The Kier molecular flexibility index (Phi) is 50.3. The second-order valence-electron chi connectivity index (χ2n) is 21.3. The van der Waals surface area contributed by atoms with Crippen LogP contribution in [0.5, 0.6) is 0 Å². The third-order valence-electron chi connectivity index (χ3n) is 13.9. The Balaban J connectivity index is 2.68. The molecule has 79 heavy (non-hydrogen) atoms. The van der Waals surface area contributed by atoms with Crippen molar-refractivity contribution in [2.45, 2.75) is 302 Å². The number of carbonyl (C=O) groups is 4. The fraction of sp³-hybridized carbons (Fsp3) is 0.731. The number of hydrogen-bond acceptors (Lipinski definition) is 11. The lowest BCUT2D eigenvalue weighted by atomic mass is 9.98. The molecular formula is C67H112O12. The van der Waals surface area contributed by atoms with E-state index in [2.05, 4.69) is 106 Å². The number of ether oxygens (including phenoxy) is 5. The van der Waals surface area contributed by atoms with E-state index in [1.165, 1.54) is 83.5 Å². The van der Waals surface area contributed by atoms with Crippen LogP contribution in [0.2, 0.25) is 0 Å². The van der Waals surface area contributed by atoms with Gasteiger partial charge in [0.1, 0.15) is 18.8 Å². The number of hydrogen-bond donors (Lipinski definition) is 3. The van der Waals surface area contributed by atoms with Crippen LogP contribution < -0.4 is 0 Å². The molecule has 1 fully saturated rings. The number of carbonyl (C=O) groups excluding carboxylic acids is 3. The SMILES string of the molecule is CC/C=C\C/C=C\C/C=C\C/C=C\C/C=C\CCCCCC(=O)OC1C(OCC(COC(=O)CCCCCCCCCCCCCCCCCCC)OC(=O)CCCCCCC/C=C\C/C=C\CCC)OC(C(=O)O)C(O)C1O. The number of aliphatic carboxylic acids is 1. The van der Waals surface area contributed by atoms with Crippen molar-refractivity contribution in [3.63, 3.8) is 0 Å². The van der Waals surface area contributed by atoms with E-state index in [-0.39, 0.29) is 25.9 Å². The molecule has 0 aliphatic carbocycles. The summed E-state index contributed by atoms with van der Waals surface area (Å²) in [6.07, 6.45) is 58.3. The van der Waals surface area contributed by atoms with Gasteiger partial charge in [0, 0.05) is 19.3 Å². The second kappa shape index (κ2) is 54.5. The van der Waals surface area contributed by atoms with E-state index in [1.807, 2.05) is 0 Å². The molecule has 0 spiro atoms. The summed E-state index contributed by atoms with van der Waals surface area (Å²) < 4.78 is 28.5. The Labute approximate surface area is 480 Å². The standard InChI is InChI=1S/C67H112O12/c1-4-7-10-13-16-19-22-25-27-29-30-32-34-37-40-43-46-49-52-55-61(70)78-65-63(72)62(71)64(66(73)74)79-67(65)76-57-58(77-60(69)54-51-48-45-42-39-35-24-21-18-15-12-9-6-3)56-75-59(68)53-50-47-44-41-38-36-33-31-28-26-23-20-17-14-11-8-5-2/h7,10,12,15-16,19,21,24-25,27,30,32,37,40,58,62-65,67,71-72H,4-6,8-9,11,13-14,17-18,20,22-23,26,28-29,31,33-36,38-39,41-57H2,1-3H3,(H,73,74)/b10-7-,15-12-,19-16-,24-21-,27-25-,32-30-,40-37-. The van der Waals surface area contributed by atoms with Gasteiger partial charge >= 0.3 is 23.9 Å². The van der Waals surface area contributed by atoms with Gasteiger partial charge in [0.05, 0.1) is 6.61 Å². The molecule has 0 bridgehead atoms. The number of allylic oxidation sites excluding steroid dienone is 14. The number of unbranched alkanes of at least 4 members (excludes halogenated alkanes) is 25. The van der Waals surface area contributed by atoms with Gasteiger partial charge in [0.2, 0.25) is 0 Å². The molecule has 1 saturated heterocycles. The Morgan fingerprint density at radius 1 is 0.430 bits per heavy atom. The first-order valence-electron chi connectivity index (χ1n) is 31.6. The van der Waals surface area contributed by atoms with E-state index in [4.69, 9.17) is 23.7 Å². The van der Waals surface area contributed by atoms with Crippen molar-refractivity contribution in [3.8, 4) is 0 Å². The Morgan fingerprint density at radius 2 is 0.823 bits per heavy atom. The van der Waals surface area contributed by atoms with Crippen molar-refractivity contribution in [2.24, 2.45) is 0 Å². The maximum absolute atomic E-state index is 13.2. The summed E-state index contributed by atoms with van der Waals surface area (Å²) in [5.41, 5.74) is 0. The monoisotopic (exact) mass is 1110 g/mol. The van der Waals surface area contributed by atoms with Crippen LogP contribution in [0.25, 0.3) is 0 Å². The zero-order valence-electron chi connectivity index (χ0n) is 49.8. The summed E-state index contributed by atoms with van der Waals surface area (Å²) in [7, 11) is 0. The molecule has 0 aromatic carbocycles. The highest BCUT2D eigenvalue weighted by Crippen LogP contribution is 2.26. The largest absolute Gasteiger partial charge is 0.479 e. The number of carboxylic acid groups (broad SMARTS) is 1. The van der Waals surface area contributed by atoms with Crippen molar-refractivity contribution in [1.82, 2.24) is 0 Å². The summed E-state index contributed by atoms with van der Waals surface area (Å²) in [6, 6.07) is 0. The van der Waals surface area contributed by atoms with Crippen LogP contribution >= 0.6 is 0 Å². The first-order chi connectivity index (χ1) is 38.6. The highest BCUT2D eigenvalue weighted by Gasteiger charge is 2.50. The summed E-state index contributed by atoms with van der Waals surface area (Å²) in [6.45, 7) is 5.81. The van der Waals surface area contributed by atoms with Crippen LogP contribution in [0.1, 0.15) is 265 Å². The van der Waals surface area contributed by atoms with Crippen LogP contribution in [-0.2, 0) is 42.9 Å². The maximum Gasteiger partial charge on any atom is 0.335 e. The first kappa shape index (κ1) is 72.9. The average molecular weight is 1110 g/mol. The highest BCUT2D eigenvalue weighted by molar-refractivity contribution is 5.74. The Bertz CT molecular complexity index is 1700. The number of esters is 3. The zero-order valence-corrected chi connectivity index (χ0v) is 49.8. The van der Waals surface area contributed by atoms with E-state index in [0.717, 1.165) is 122 Å². The molecule has 0 aromatic heterocycles. The molecule has 1 rings (SSSR count). The minimum absolute atomic E-state index is 0.0176. The molecular weight excluding hydrogens is 997 g/mol. The molecule has 12 nitrogen and oxygen atoms in total. The number of aliphatic hydroxyl groups excluding tert-OH is 2. The molecule has 1 aliphatic heterocycles. The van der Waals surface area contributed by atoms with Gasteiger partial charge in [-0.2, -0.15) is 0 Å². The van der Waals surface area contributed by atoms with Crippen molar-refractivity contribution in [2.75, 3.05) is 13.2 Å². The molecule has 452 valence electrons. The zero-order chi connectivity index (χ0) is 57.5. The topological polar surface area (TPSA) is 175 Å². The molecule has 0 aromatic rings. The smallest absolute Gasteiger partial charge is 0.335 e. The molecule has 1 aliphatic rings. The summed E-state index contributed by atoms with van der Waals surface area (Å²) in [5, 5.41) is 31.5. The molecule has 6 atom stereocenters. The van der Waals surface area contributed by atoms with E-state index in [1.54, 1.807) is 0 Å². The minimum Gasteiger partial charge on any atom is -0.479 e. The normalized spacial score (nSPS) is 18.4. The van der Waals surface area contributed by atoms with Crippen LogP contribution in [-0.4, -0.2) is 89.2 Å². The van der Waals surface area contributed by atoms with Crippen molar-refractivity contribution in [3.05, 3.63) is 85.1 Å². The fourth-order valence-corrected chi connectivity index (χ4v) is 9.14. The quantitative estimate of drug-likeness (QED) is 0.0228. The number of aliphatic hydroxyl groups is 2. The van der Waals surface area contributed by atoms with Gasteiger partial charge in [0.25, 0.3) is 0 Å². The molecule has 0 amide bonds. The van der Waals surface area contributed by atoms with E-state index < -0.39 is 67.3 Å². The molecule has 12 heteroatoms. The molecule has 6 unspecified atom stereocenters. The number of carboxylic acids is 1. The van der Waals surface area contributed by atoms with Gasteiger partial charge in [-0.25, -0.2) is 4.79 Å². The Morgan fingerprint density at radius 3 is 1.28 bits per heavy atom. The first-order valence-corrected chi connectivity index (χ1v) is 31.6. The molecule has 3 N–H and O–H groups in total. The van der Waals surface area contributed by atoms with Crippen LogP contribution in [0.15, 0.2) is 85.1 Å². The van der Waals surface area contributed by atoms with Gasteiger partial charge in [-0.3, -0.25) is 14.4 Å². The van der Waals surface area contributed by atoms with Gasteiger partial charge in [-0.15, -0.1) is 0 Å². The van der Waals surface area contributed by atoms with Crippen molar-refractivity contribution >= 4 is 23.9 Å². The minimum atomic E-state index is -1.92. The highest BCUT2D eigenvalue weighted by atomic mass is 16.7. The summed E-state index contributed by atoms with van der Waals surface area (Å²) in [4.78, 5) is 51.2. The lowest BCUT2D eigenvalue weighted by Crippen LogP contribution is -2.61. The lowest BCUT2D eigenvalue weighted by molar-refractivity contribution is -0.301. The predicted molar refractivity (Wildman–Crippen MR) is 321 cm³/mol. The second-order valence-corrected chi connectivity index (χ2v) is 21.3. The lowest BCUT2D eigenvalue weighted by Gasteiger charge is -2.40. The van der Waals surface area contributed by atoms with Gasteiger partial charge in [0.15, 0.2) is 24.6 Å². The van der Waals surface area contributed by atoms with Crippen LogP contribution in [0.4, 0.5) is 0 Å². The van der Waals surface area contributed by atoms with E-state index in [9.17, 15) is 34.5 Å². The third-order valence-corrected chi connectivity index (χ3v) is 13.9. The third kappa shape index (κ3) is 44.3. The Hall–Kier alpha value is -4.10. The predicted octanol–water partition coefficient (Wildman–Crippen LogP) is 16.7. The molecule has 1 heterocycles. The summed E-state index contributed by atoms with van der Waals surface area (Å²) in [5.74, 6) is -3.17. The van der Waals surface area contributed by atoms with E-state index in [0.29, 0.717) is 19.3 Å². The maximum atomic E-state index is 13.2. The van der Waals surface area contributed by atoms with Gasteiger partial charge in [-0.05, 0) is 89.9 Å². The van der Waals surface area contributed by atoms with Crippen LogP contribution in [0.3, 0.4) is 0 Å². The fourth-order valence-electron chi connectivity index (χ4n) is 9.14. The molecule has 0 saturated carbocycles. The van der Waals surface area contributed by atoms with Gasteiger partial charge < -0.3 is 39.0 Å². The van der Waals surface area contributed by atoms with E-state index >= 15 is 0 Å². The van der Waals surface area contributed by atoms with Crippen molar-refractivity contribution in [1.29, 1.82) is 0 Å². The molecule has 0 radical (unpaired) electrons. The number of rotatable bonds is 53. The van der Waals surface area contributed by atoms with Crippen LogP contribution in [0, 0.1) is 0 Å².